The maximum atomic E-state index is 5.67. The van der Waals surface area contributed by atoms with Crippen molar-refractivity contribution in [3.05, 3.63) is 24.3 Å². The van der Waals surface area contributed by atoms with Crippen molar-refractivity contribution in [3.63, 3.8) is 0 Å². The van der Waals surface area contributed by atoms with Gasteiger partial charge in [-0.15, -0.1) is 10.2 Å². The van der Waals surface area contributed by atoms with Crippen molar-refractivity contribution in [1.82, 2.24) is 10.2 Å². The summed E-state index contributed by atoms with van der Waals surface area (Å²) in [4.78, 5) is 0. The number of aromatic nitrogens is 2. The van der Waals surface area contributed by atoms with E-state index in [0.717, 1.165) is 20.2 Å². The standard InChI is InChI=1S/C11H13N3OS3/c1-16-10-13-14-11(18-10)17-6-5-15-9-4-2-3-8(12)7-9/h2-4,7H,5-6,12H2,1H3. The lowest BCUT2D eigenvalue weighted by molar-refractivity contribution is 0.344. The molecule has 0 amide bonds. The summed E-state index contributed by atoms with van der Waals surface area (Å²) in [6.07, 6.45) is 2.00. The fourth-order valence-electron chi connectivity index (χ4n) is 1.23. The summed E-state index contributed by atoms with van der Waals surface area (Å²) in [6.45, 7) is 0.627. The minimum atomic E-state index is 0.627. The van der Waals surface area contributed by atoms with E-state index in [1.807, 2.05) is 30.5 Å². The minimum absolute atomic E-state index is 0.627. The summed E-state index contributed by atoms with van der Waals surface area (Å²) in [5, 5.41) is 8.12. The molecular weight excluding hydrogens is 286 g/mol. The Labute approximate surface area is 118 Å². The molecule has 18 heavy (non-hydrogen) atoms. The molecule has 0 saturated carbocycles. The van der Waals surface area contributed by atoms with Gasteiger partial charge in [-0.2, -0.15) is 0 Å². The maximum Gasteiger partial charge on any atom is 0.175 e. The fourth-order valence-corrected chi connectivity index (χ4v) is 3.56. The van der Waals surface area contributed by atoms with Crippen molar-refractivity contribution in [1.29, 1.82) is 0 Å². The van der Waals surface area contributed by atoms with Crippen LogP contribution in [0.4, 0.5) is 5.69 Å². The van der Waals surface area contributed by atoms with Crippen molar-refractivity contribution in [2.24, 2.45) is 0 Å². The van der Waals surface area contributed by atoms with Gasteiger partial charge in [0, 0.05) is 17.5 Å². The highest BCUT2D eigenvalue weighted by Gasteiger charge is 2.03. The molecule has 7 heteroatoms. The quantitative estimate of drug-likeness (QED) is 0.502. The molecule has 0 saturated heterocycles. The second-order valence-corrected chi connectivity index (χ2v) is 6.68. The van der Waals surface area contributed by atoms with Gasteiger partial charge < -0.3 is 10.5 Å². The molecule has 2 N–H and O–H groups in total. The zero-order valence-electron chi connectivity index (χ0n) is 9.83. The Morgan fingerprint density at radius 3 is 2.89 bits per heavy atom. The SMILES string of the molecule is CSc1nnc(SCCOc2cccc(N)c2)s1. The number of hydrogen-bond donors (Lipinski definition) is 1. The van der Waals surface area contributed by atoms with Crippen molar-refractivity contribution in [3.8, 4) is 5.75 Å². The number of nitrogen functional groups attached to an aromatic ring is 1. The second kappa shape index (κ2) is 6.86. The van der Waals surface area contributed by atoms with Crippen LogP contribution in [0.3, 0.4) is 0 Å². The van der Waals surface area contributed by atoms with Crippen LogP contribution in [-0.4, -0.2) is 28.8 Å². The Balaban J connectivity index is 1.72. The molecule has 0 atom stereocenters. The van der Waals surface area contributed by atoms with Crippen LogP contribution in [0.1, 0.15) is 0 Å². The van der Waals surface area contributed by atoms with E-state index in [1.165, 1.54) is 0 Å². The summed E-state index contributed by atoms with van der Waals surface area (Å²) >= 11 is 4.88. The molecule has 1 heterocycles. The molecule has 1 aromatic heterocycles. The summed E-state index contributed by atoms with van der Waals surface area (Å²) in [5.41, 5.74) is 6.38. The Morgan fingerprint density at radius 2 is 2.17 bits per heavy atom. The van der Waals surface area contributed by atoms with Gasteiger partial charge in [0.2, 0.25) is 0 Å². The molecule has 0 aliphatic rings. The molecule has 1 aromatic carbocycles. The minimum Gasteiger partial charge on any atom is -0.493 e. The van der Waals surface area contributed by atoms with E-state index in [-0.39, 0.29) is 0 Å². The summed E-state index contributed by atoms with van der Waals surface area (Å²) < 4.78 is 7.57. The van der Waals surface area contributed by atoms with Crippen molar-refractivity contribution < 1.29 is 4.74 Å². The van der Waals surface area contributed by atoms with Crippen LogP contribution in [-0.2, 0) is 0 Å². The largest absolute Gasteiger partial charge is 0.493 e. The van der Waals surface area contributed by atoms with Crippen LogP contribution in [0.15, 0.2) is 32.9 Å². The highest BCUT2D eigenvalue weighted by atomic mass is 32.2. The Morgan fingerprint density at radius 1 is 1.33 bits per heavy atom. The summed E-state index contributed by atoms with van der Waals surface area (Å²) in [6, 6.07) is 7.44. The van der Waals surface area contributed by atoms with Gasteiger partial charge in [-0.05, 0) is 18.4 Å². The smallest absolute Gasteiger partial charge is 0.175 e. The molecule has 2 rings (SSSR count). The molecule has 0 spiro atoms. The average molecular weight is 299 g/mol. The van der Waals surface area contributed by atoms with E-state index < -0.39 is 0 Å². The lowest BCUT2D eigenvalue weighted by Crippen LogP contribution is -2.00. The van der Waals surface area contributed by atoms with Crippen LogP contribution < -0.4 is 10.5 Å². The molecule has 4 nitrogen and oxygen atoms in total. The molecule has 0 bridgehead atoms. The predicted octanol–water partition coefficient (Wildman–Crippen LogP) is 3.01. The van der Waals surface area contributed by atoms with Gasteiger partial charge in [0.1, 0.15) is 5.75 Å². The molecule has 2 aromatic rings. The zero-order valence-corrected chi connectivity index (χ0v) is 12.3. The van der Waals surface area contributed by atoms with Crippen molar-refractivity contribution in [2.45, 2.75) is 8.68 Å². The summed E-state index contributed by atoms with van der Waals surface area (Å²) in [7, 11) is 0. The third kappa shape index (κ3) is 4.08. The highest BCUT2D eigenvalue weighted by molar-refractivity contribution is 8.02. The number of hydrogen-bond acceptors (Lipinski definition) is 7. The average Bonchev–Trinajstić information content (AvgIpc) is 2.83. The van der Waals surface area contributed by atoms with Gasteiger partial charge >= 0.3 is 0 Å². The Hall–Kier alpha value is -0.920. The molecule has 0 fully saturated rings. The number of rotatable bonds is 6. The number of thioether (sulfide) groups is 2. The number of ether oxygens (including phenoxy) is 1. The van der Waals surface area contributed by atoms with E-state index in [1.54, 1.807) is 34.9 Å². The Bertz CT molecular complexity index is 504. The third-order valence-corrected chi connectivity index (χ3v) is 4.99. The van der Waals surface area contributed by atoms with Crippen LogP contribution in [0.25, 0.3) is 0 Å². The van der Waals surface area contributed by atoms with E-state index >= 15 is 0 Å². The fraction of sp³-hybridized carbons (Fsp3) is 0.273. The zero-order chi connectivity index (χ0) is 12.8. The second-order valence-electron chi connectivity index (χ2n) is 3.31. The number of nitrogens with two attached hydrogens (primary N) is 1. The lowest BCUT2D eigenvalue weighted by Gasteiger charge is -2.05. The third-order valence-electron chi connectivity index (χ3n) is 2.00. The number of nitrogens with zero attached hydrogens (tertiary/aromatic N) is 2. The van der Waals surface area contributed by atoms with Gasteiger partial charge in [0.15, 0.2) is 8.68 Å². The number of benzene rings is 1. The highest BCUT2D eigenvalue weighted by Crippen LogP contribution is 2.27. The van der Waals surface area contributed by atoms with Crippen molar-refractivity contribution in [2.75, 3.05) is 24.3 Å². The lowest BCUT2D eigenvalue weighted by atomic mass is 10.3. The topological polar surface area (TPSA) is 61.0 Å². The van der Waals surface area contributed by atoms with Gasteiger partial charge in [-0.25, -0.2) is 0 Å². The molecule has 0 unspecified atom stereocenters. The monoisotopic (exact) mass is 299 g/mol. The van der Waals surface area contributed by atoms with Gasteiger partial charge in [-0.1, -0.05) is 40.9 Å². The predicted molar refractivity (Wildman–Crippen MR) is 78.8 cm³/mol. The van der Waals surface area contributed by atoms with E-state index in [4.69, 9.17) is 10.5 Å². The van der Waals surface area contributed by atoms with Crippen LogP contribution >= 0.6 is 34.9 Å². The molecular formula is C11H13N3OS3. The number of anilines is 1. The molecule has 96 valence electrons. The van der Waals surface area contributed by atoms with Crippen molar-refractivity contribution >= 4 is 40.5 Å². The van der Waals surface area contributed by atoms with E-state index in [9.17, 15) is 0 Å². The first-order valence-corrected chi connectivity index (χ1v) is 8.29. The first-order valence-electron chi connectivity index (χ1n) is 5.26. The maximum absolute atomic E-state index is 5.67. The van der Waals surface area contributed by atoms with Gasteiger partial charge in [0.05, 0.1) is 6.61 Å². The Kier molecular flexibility index (Phi) is 5.15. The normalized spacial score (nSPS) is 10.5. The van der Waals surface area contributed by atoms with E-state index in [2.05, 4.69) is 10.2 Å². The first kappa shape index (κ1) is 13.5. The van der Waals surface area contributed by atoms with E-state index in [0.29, 0.717) is 12.3 Å². The van der Waals surface area contributed by atoms with Gasteiger partial charge in [0.25, 0.3) is 0 Å². The van der Waals surface area contributed by atoms with Crippen LogP contribution in [0.5, 0.6) is 5.75 Å². The molecule has 0 radical (unpaired) electrons. The first-order chi connectivity index (χ1) is 8.78. The summed E-state index contributed by atoms with van der Waals surface area (Å²) in [5.74, 6) is 1.65. The molecule has 0 aliphatic carbocycles. The van der Waals surface area contributed by atoms with Gasteiger partial charge in [-0.3, -0.25) is 0 Å². The van der Waals surface area contributed by atoms with Crippen LogP contribution in [0, 0.1) is 0 Å². The molecule has 0 aliphatic heterocycles. The van der Waals surface area contributed by atoms with Crippen LogP contribution in [0.2, 0.25) is 0 Å².